The number of likely N-dealkylation sites (N-methyl/N-ethyl adjacent to an activating group) is 1. The van der Waals surface area contributed by atoms with Crippen molar-refractivity contribution in [2.24, 2.45) is 0 Å². The maximum Gasteiger partial charge on any atom is 0.248 e. The van der Waals surface area contributed by atoms with Crippen LogP contribution in [0.2, 0.25) is 0 Å². The van der Waals surface area contributed by atoms with E-state index in [1.54, 1.807) is 17.4 Å². The molecule has 0 aliphatic carbocycles. The van der Waals surface area contributed by atoms with Gasteiger partial charge in [-0.2, -0.15) is 11.3 Å². The number of hydrogen-bond acceptors (Lipinski definition) is 4. The van der Waals surface area contributed by atoms with E-state index in [0.717, 1.165) is 43.1 Å². The Balaban J connectivity index is 1.69. The fourth-order valence-corrected chi connectivity index (χ4v) is 3.25. The number of rotatable bonds is 4. The van der Waals surface area contributed by atoms with E-state index in [2.05, 4.69) is 28.2 Å². The molecule has 1 aromatic carbocycles. The first-order valence-electron chi connectivity index (χ1n) is 7.76. The van der Waals surface area contributed by atoms with Crippen molar-refractivity contribution in [1.29, 1.82) is 0 Å². The van der Waals surface area contributed by atoms with Gasteiger partial charge in [-0.1, -0.05) is 12.1 Å². The van der Waals surface area contributed by atoms with Crippen LogP contribution in [0.15, 0.2) is 47.2 Å². The van der Waals surface area contributed by atoms with Gasteiger partial charge in [0.1, 0.15) is 0 Å². The van der Waals surface area contributed by atoms with Crippen LogP contribution in [0, 0.1) is 0 Å². The van der Waals surface area contributed by atoms with Crippen molar-refractivity contribution in [1.82, 2.24) is 4.90 Å². The second kappa shape index (κ2) is 7.44. The van der Waals surface area contributed by atoms with Crippen LogP contribution in [-0.4, -0.2) is 44.0 Å². The molecule has 2 heterocycles. The molecule has 5 heteroatoms. The quantitative estimate of drug-likeness (QED) is 0.876. The van der Waals surface area contributed by atoms with E-state index < -0.39 is 0 Å². The molecule has 1 saturated heterocycles. The molecule has 1 N–H and O–H groups in total. The van der Waals surface area contributed by atoms with Gasteiger partial charge < -0.3 is 15.1 Å². The molecule has 0 saturated carbocycles. The van der Waals surface area contributed by atoms with Crippen molar-refractivity contribution >= 4 is 34.7 Å². The molecular weight excluding hydrogens is 306 g/mol. The highest BCUT2D eigenvalue weighted by Crippen LogP contribution is 2.26. The third-order valence-corrected chi connectivity index (χ3v) is 4.68. The van der Waals surface area contributed by atoms with Gasteiger partial charge in [0.05, 0.1) is 11.4 Å². The zero-order valence-corrected chi connectivity index (χ0v) is 14.1. The van der Waals surface area contributed by atoms with Crippen LogP contribution in [0.4, 0.5) is 11.4 Å². The zero-order valence-electron chi connectivity index (χ0n) is 13.2. The van der Waals surface area contributed by atoms with Crippen LogP contribution >= 0.6 is 11.3 Å². The van der Waals surface area contributed by atoms with Crippen molar-refractivity contribution in [2.75, 3.05) is 43.4 Å². The number of carbonyl (C=O) groups excluding carboxylic acids is 1. The molecule has 2 aromatic rings. The maximum atomic E-state index is 12.2. The zero-order chi connectivity index (χ0) is 16.1. The molecule has 23 heavy (non-hydrogen) atoms. The van der Waals surface area contributed by atoms with Gasteiger partial charge in [0.2, 0.25) is 5.91 Å². The van der Waals surface area contributed by atoms with E-state index in [-0.39, 0.29) is 5.91 Å². The molecule has 1 amide bonds. The van der Waals surface area contributed by atoms with Crippen LogP contribution in [0.1, 0.15) is 5.56 Å². The number of anilines is 2. The molecule has 1 aliphatic rings. The number of piperazine rings is 1. The standard InChI is InChI=1S/C18H21N3OS/c1-20-9-11-21(12-10-20)17-5-3-2-4-16(17)19-18(22)7-6-15-8-13-23-14-15/h2-8,13-14H,9-12H2,1H3,(H,19,22)/b7-6+. The highest BCUT2D eigenvalue weighted by molar-refractivity contribution is 7.08. The molecular formula is C18H21N3OS. The monoisotopic (exact) mass is 327 g/mol. The number of para-hydroxylation sites is 2. The van der Waals surface area contributed by atoms with E-state index in [9.17, 15) is 4.79 Å². The van der Waals surface area contributed by atoms with Crippen LogP contribution in [0.3, 0.4) is 0 Å². The molecule has 1 fully saturated rings. The molecule has 1 aromatic heterocycles. The Morgan fingerprint density at radius 1 is 1.17 bits per heavy atom. The first kappa shape index (κ1) is 15.8. The summed E-state index contributed by atoms with van der Waals surface area (Å²) in [6.45, 7) is 4.04. The summed E-state index contributed by atoms with van der Waals surface area (Å²) >= 11 is 1.62. The maximum absolute atomic E-state index is 12.2. The Morgan fingerprint density at radius 3 is 2.70 bits per heavy atom. The van der Waals surface area contributed by atoms with Gasteiger partial charge in [-0.3, -0.25) is 4.79 Å². The number of nitrogens with one attached hydrogen (secondary N) is 1. The third-order valence-electron chi connectivity index (χ3n) is 3.98. The minimum atomic E-state index is -0.0993. The third kappa shape index (κ3) is 4.21. The minimum Gasteiger partial charge on any atom is -0.367 e. The van der Waals surface area contributed by atoms with Gasteiger partial charge in [-0.15, -0.1) is 0 Å². The molecule has 1 aliphatic heterocycles. The van der Waals surface area contributed by atoms with E-state index in [1.807, 2.05) is 41.1 Å². The average Bonchev–Trinajstić information content (AvgIpc) is 3.08. The lowest BCUT2D eigenvalue weighted by Crippen LogP contribution is -2.44. The summed E-state index contributed by atoms with van der Waals surface area (Å²) in [5.41, 5.74) is 3.02. The van der Waals surface area contributed by atoms with E-state index in [0.29, 0.717) is 0 Å². The highest BCUT2D eigenvalue weighted by Gasteiger charge is 2.17. The first-order valence-corrected chi connectivity index (χ1v) is 8.70. The Morgan fingerprint density at radius 2 is 1.96 bits per heavy atom. The summed E-state index contributed by atoms with van der Waals surface area (Å²) in [6.07, 6.45) is 3.42. The Hall–Kier alpha value is -2.11. The lowest BCUT2D eigenvalue weighted by molar-refractivity contribution is -0.111. The fourth-order valence-electron chi connectivity index (χ4n) is 2.62. The van der Waals surface area contributed by atoms with Gasteiger partial charge in [-0.25, -0.2) is 0 Å². The van der Waals surface area contributed by atoms with Crippen molar-refractivity contribution in [3.05, 3.63) is 52.7 Å². The van der Waals surface area contributed by atoms with Crippen molar-refractivity contribution < 1.29 is 4.79 Å². The Labute approximate surface area is 141 Å². The van der Waals surface area contributed by atoms with E-state index in [1.165, 1.54) is 0 Å². The summed E-state index contributed by atoms with van der Waals surface area (Å²) in [5.74, 6) is -0.0993. The summed E-state index contributed by atoms with van der Waals surface area (Å²) in [5, 5.41) is 7.02. The number of carbonyl (C=O) groups is 1. The fraction of sp³-hybridized carbons (Fsp3) is 0.278. The lowest BCUT2D eigenvalue weighted by Gasteiger charge is -2.35. The van der Waals surface area contributed by atoms with Crippen LogP contribution in [0.25, 0.3) is 6.08 Å². The van der Waals surface area contributed by atoms with Crippen LogP contribution in [0.5, 0.6) is 0 Å². The number of nitrogens with zero attached hydrogens (tertiary/aromatic N) is 2. The van der Waals surface area contributed by atoms with Crippen LogP contribution < -0.4 is 10.2 Å². The summed E-state index contributed by atoms with van der Waals surface area (Å²) in [7, 11) is 2.14. The van der Waals surface area contributed by atoms with Crippen molar-refractivity contribution in [3.63, 3.8) is 0 Å². The largest absolute Gasteiger partial charge is 0.367 e. The average molecular weight is 327 g/mol. The second-order valence-electron chi connectivity index (χ2n) is 5.69. The molecule has 0 unspecified atom stereocenters. The van der Waals surface area contributed by atoms with E-state index >= 15 is 0 Å². The van der Waals surface area contributed by atoms with Crippen molar-refractivity contribution in [2.45, 2.75) is 0 Å². The molecule has 4 nitrogen and oxygen atoms in total. The summed E-state index contributed by atoms with van der Waals surface area (Å²) in [4.78, 5) is 16.8. The van der Waals surface area contributed by atoms with Crippen molar-refractivity contribution in [3.8, 4) is 0 Å². The number of amides is 1. The molecule has 0 spiro atoms. The van der Waals surface area contributed by atoms with Crippen LogP contribution in [-0.2, 0) is 4.79 Å². The highest BCUT2D eigenvalue weighted by atomic mass is 32.1. The first-order chi connectivity index (χ1) is 11.2. The molecule has 0 radical (unpaired) electrons. The number of benzene rings is 1. The Kier molecular flexibility index (Phi) is 5.10. The second-order valence-corrected chi connectivity index (χ2v) is 6.47. The number of thiophene rings is 1. The normalized spacial score (nSPS) is 16.0. The molecule has 120 valence electrons. The smallest absolute Gasteiger partial charge is 0.248 e. The van der Waals surface area contributed by atoms with Gasteiger partial charge in [0, 0.05) is 32.3 Å². The van der Waals surface area contributed by atoms with E-state index in [4.69, 9.17) is 0 Å². The predicted octanol–water partition coefficient (Wildman–Crippen LogP) is 3.15. The summed E-state index contributed by atoms with van der Waals surface area (Å²) < 4.78 is 0. The molecule has 3 rings (SSSR count). The lowest BCUT2D eigenvalue weighted by atomic mass is 10.2. The van der Waals surface area contributed by atoms with Gasteiger partial charge in [-0.05, 0) is 47.6 Å². The van der Waals surface area contributed by atoms with Gasteiger partial charge in [0.15, 0.2) is 0 Å². The van der Waals surface area contributed by atoms with Gasteiger partial charge in [0.25, 0.3) is 0 Å². The summed E-state index contributed by atoms with van der Waals surface area (Å²) in [6, 6.07) is 10.0. The van der Waals surface area contributed by atoms with Gasteiger partial charge >= 0.3 is 0 Å². The molecule has 0 bridgehead atoms. The Bertz CT molecular complexity index is 673. The number of hydrogen-bond donors (Lipinski definition) is 1. The minimum absolute atomic E-state index is 0.0993. The molecule has 0 atom stereocenters. The predicted molar refractivity (Wildman–Crippen MR) is 98.1 cm³/mol. The SMILES string of the molecule is CN1CCN(c2ccccc2NC(=O)/C=C/c2ccsc2)CC1. The topological polar surface area (TPSA) is 35.6 Å².